The molecule has 0 spiro atoms. The van der Waals surface area contributed by atoms with Crippen LogP contribution in [0.25, 0.3) is 12.2 Å². The molecule has 10 heteroatoms. The van der Waals surface area contributed by atoms with Crippen molar-refractivity contribution in [3.05, 3.63) is 41.5 Å². The summed E-state index contributed by atoms with van der Waals surface area (Å²) in [4.78, 5) is 13.0. The minimum absolute atomic E-state index is 0.222. The van der Waals surface area contributed by atoms with E-state index >= 15 is 0 Å². The molecule has 1 radical (unpaired) electrons. The van der Waals surface area contributed by atoms with Gasteiger partial charge in [-0.2, -0.15) is 5.90 Å². The number of quaternary nitrogens is 1. The molecular weight excluding hydrogens is 485 g/mol. The van der Waals surface area contributed by atoms with Crippen LogP contribution in [0.5, 0.6) is 28.7 Å². The summed E-state index contributed by atoms with van der Waals surface area (Å²) in [6.45, 7) is 2.43. The topological polar surface area (TPSA) is 112 Å². The number of methoxy groups -OCH3 is 4. The molecule has 0 bridgehead atoms. The molecule has 0 saturated carbocycles. The molecule has 0 amide bonds. The first-order chi connectivity index (χ1) is 17.4. The summed E-state index contributed by atoms with van der Waals surface area (Å²) in [6.07, 6.45) is 10.2. The van der Waals surface area contributed by atoms with E-state index in [1.165, 1.54) is 26.4 Å². The van der Waals surface area contributed by atoms with Gasteiger partial charge in [0.05, 0.1) is 38.0 Å². The highest BCUT2D eigenvalue weighted by atomic mass is 31.2. The first kappa shape index (κ1) is 29.7. The average molecular weight is 525 g/mol. The quantitative estimate of drug-likeness (QED) is 0.118. The van der Waals surface area contributed by atoms with Crippen LogP contribution in [0.15, 0.2) is 30.3 Å². The third-order valence-corrected chi connectivity index (χ3v) is 6.69. The number of benzene rings is 2. The van der Waals surface area contributed by atoms with Crippen molar-refractivity contribution in [2.45, 2.75) is 45.4 Å². The number of ether oxygens (including phenoxy) is 4. The number of rotatable bonds is 17. The molecule has 2 rings (SSSR count). The van der Waals surface area contributed by atoms with Crippen LogP contribution in [-0.4, -0.2) is 35.0 Å². The summed E-state index contributed by atoms with van der Waals surface area (Å²) in [5.74, 6) is 5.51. The van der Waals surface area contributed by atoms with E-state index in [0.29, 0.717) is 23.0 Å². The van der Waals surface area contributed by atoms with Gasteiger partial charge in [0.25, 0.3) is 0 Å². The van der Waals surface area contributed by atoms with Crippen molar-refractivity contribution < 1.29 is 43.4 Å². The molecule has 1 unspecified atom stereocenters. The Labute approximate surface area is 214 Å². The van der Waals surface area contributed by atoms with Crippen molar-refractivity contribution in [2.24, 2.45) is 0 Å². The second-order valence-corrected chi connectivity index (χ2v) is 9.56. The highest BCUT2D eigenvalue weighted by Gasteiger charge is 2.53. The van der Waals surface area contributed by atoms with Crippen LogP contribution >= 0.6 is 8.17 Å². The van der Waals surface area contributed by atoms with Crippen LogP contribution in [0, 0.1) is 0 Å². The SMILES string of the molecule is CCCCCCCCO[P+]([O])(O[NH3+])Oc1cc(/C=C\c2cc(OC)c(OC)c(OC)c2)ccc1OC. The van der Waals surface area contributed by atoms with Gasteiger partial charge in [-0.1, -0.05) is 57.2 Å². The third-order valence-electron chi connectivity index (χ3n) is 5.46. The lowest BCUT2D eigenvalue weighted by Crippen LogP contribution is -2.49. The first-order valence-electron chi connectivity index (χ1n) is 12.0. The number of hydrogen-bond acceptors (Lipinski definition) is 7. The minimum atomic E-state index is -3.91. The Bertz CT molecular complexity index is 946. The molecule has 0 aromatic heterocycles. The molecule has 0 saturated heterocycles. The van der Waals surface area contributed by atoms with Crippen LogP contribution in [0.4, 0.5) is 0 Å². The Kier molecular flexibility index (Phi) is 12.8. The van der Waals surface area contributed by atoms with Crippen LogP contribution < -0.4 is 29.4 Å². The van der Waals surface area contributed by atoms with Crippen molar-refractivity contribution in [3.8, 4) is 28.7 Å². The molecule has 0 aliphatic carbocycles. The zero-order valence-corrected chi connectivity index (χ0v) is 22.8. The fourth-order valence-corrected chi connectivity index (χ4v) is 4.44. The van der Waals surface area contributed by atoms with E-state index in [-0.39, 0.29) is 12.4 Å². The van der Waals surface area contributed by atoms with Gasteiger partial charge in [-0.25, -0.2) is 0 Å². The molecular formula is C26H39NO8P+2. The highest BCUT2D eigenvalue weighted by Crippen LogP contribution is 2.58. The van der Waals surface area contributed by atoms with Crippen molar-refractivity contribution in [1.29, 1.82) is 0 Å². The lowest BCUT2D eigenvalue weighted by molar-refractivity contribution is -0.646. The maximum absolute atomic E-state index is 13.0. The first-order valence-corrected chi connectivity index (χ1v) is 13.4. The van der Waals surface area contributed by atoms with Gasteiger partial charge in [-0.05, 0) is 41.8 Å². The zero-order valence-electron chi connectivity index (χ0n) is 21.9. The third kappa shape index (κ3) is 8.84. The molecule has 9 nitrogen and oxygen atoms in total. The summed E-state index contributed by atoms with van der Waals surface area (Å²) in [5.41, 5.74) is 1.60. The molecule has 2 aromatic rings. The molecule has 1 atom stereocenters. The normalized spacial score (nSPS) is 12.9. The minimum Gasteiger partial charge on any atom is -0.493 e. The van der Waals surface area contributed by atoms with Gasteiger partial charge in [0.1, 0.15) is 6.61 Å². The van der Waals surface area contributed by atoms with Gasteiger partial charge in [-0.3, -0.25) is 4.52 Å². The molecule has 199 valence electrons. The molecule has 0 aliphatic rings. The fraction of sp³-hybridized carbons (Fsp3) is 0.462. The van der Waals surface area contributed by atoms with Crippen LogP contribution in [0.3, 0.4) is 0 Å². The predicted molar refractivity (Wildman–Crippen MR) is 140 cm³/mol. The van der Waals surface area contributed by atoms with Crippen LogP contribution in [0.1, 0.15) is 56.6 Å². The van der Waals surface area contributed by atoms with E-state index in [2.05, 4.69) is 12.8 Å². The van der Waals surface area contributed by atoms with E-state index in [0.717, 1.165) is 30.4 Å². The molecule has 0 fully saturated rings. The fourth-order valence-electron chi connectivity index (χ4n) is 3.53. The zero-order chi connectivity index (χ0) is 26.4. The van der Waals surface area contributed by atoms with Gasteiger partial charge in [0.2, 0.25) is 11.5 Å². The number of unbranched alkanes of at least 4 members (excludes halogenated alkanes) is 5. The van der Waals surface area contributed by atoms with Crippen molar-refractivity contribution >= 4 is 20.3 Å². The lowest BCUT2D eigenvalue weighted by Gasteiger charge is -2.13. The Hall–Kier alpha value is -2.55. The van der Waals surface area contributed by atoms with E-state index in [1.807, 2.05) is 30.4 Å². The molecule has 0 heterocycles. The second kappa shape index (κ2) is 15.5. The maximum atomic E-state index is 13.0. The summed E-state index contributed by atoms with van der Waals surface area (Å²) < 4.78 is 37.6. The van der Waals surface area contributed by atoms with E-state index in [1.54, 1.807) is 33.5 Å². The second-order valence-electron chi connectivity index (χ2n) is 7.97. The lowest BCUT2D eigenvalue weighted by atomic mass is 10.1. The Morgan fingerprint density at radius 2 is 1.33 bits per heavy atom. The van der Waals surface area contributed by atoms with Gasteiger partial charge < -0.3 is 18.9 Å². The largest absolute Gasteiger partial charge is 0.709 e. The van der Waals surface area contributed by atoms with Gasteiger partial charge >= 0.3 is 8.17 Å². The van der Waals surface area contributed by atoms with Crippen LogP contribution in [0.2, 0.25) is 0 Å². The molecule has 2 aromatic carbocycles. The smallest absolute Gasteiger partial charge is 0.493 e. The Balaban J connectivity index is 2.15. The van der Waals surface area contributed by atoms with Crippen LogP contribution in [-0.2, 0) is 14.0 Å². The van der Waals surface area contributed by atoms with Gasteiger partial charge in [0, 0.05) is 0 Å². The number of hydrogen-bond donors (Lipinski definition) is 1. The predicted octanol–water partition coefficient (Wildman–Crippen LogP) is 5.93. The van der Waals surface area contributed by atoms with E-state index in [4.69, 9.17) is 32.6 Å². The van der Waals surface area contributed by atoms with Crippen molar-refractivity contribution in [2.75, 3.05) is 35.0 Å². The molecule has 0 aliphatic heterocycles. The van der Waals surface area contributed by atoms with E-state index < -0.39 is 8.17 Å². The average Bonchev–Trinajstić information content (AvgIpc) is 2.90. The molecule has 36 heavy (non-hydrogen) atoms. The Morgan fingerprint density at radius 3 is 1.92 bits per heavy atom. The van der Waals surface area contributed by atoms with Gasteiger partial charge in [-0.15, -0.1) is 4.52 Å². The van der Waals surface area contributed by atoms with E-state index in [9.17, 15) is 4.89 Å². The van der Waals surface area contributed by atoms with Gasteiger partial charge in [0.15, 0.2) is 17.2 Å². The highest BCUT2D eigenvalue weighted by molar-refractivity contribution is 7.55. The summed E-state index contributed by atoms with van der Waals surface area (Å²) in [6, 6.07) is 8.91. The van der Waals surface area contributed by atoms with Crippen molar-refractivity contribution in [1.82, 2.24) is 0 Å². The molecule has 3 N–H and O–H groups in total. The maximum Gasteiger partial charge on any atom is 0.709 e. The monoisotopic (exact) mass is 524 g/mol. The summed E-state index contributed by atoms with van der Waals surface area (Å²) >= 11 is 0. The Morgan fingerprint density at radius 1 is 0.750 bits per heavy atom. The van der Waals surface area contributed by atoms with Crippen molar-refractivity contribution in [3.63, 3.8) is 0 Å². The summed E-state index contributed by atoms with van der Waals surface area (Å²) in [5, 5.41) is 0. The standard InChI is InChI=1S/C26H39NO8P/c1-6-7-8-9-10-11-16-33-36(28,35-27)34-23-17-20(14-15-22(23)29-2)12-13-21-18-24(30-3)26(32-5)25(19-21)31-4/h12-15,17-19H,6-11,16H2,1-5,27H3/q+2/b13-12-. The summed E-state index contributed by atoms with van der Waals surface area (Å²) in [7, 11) is 2.27.